The van der Waals surface area contributed by atoms with Gasteiger partial charge in [-0.25, -0.2) is 0 Å². The van der Waals surface area contributed by atoms with Gasteiger partial charge in [-0.1, -0.05) is 133 Å². The summed E-state index contributed by atoms with van der Waals surface area (Å²) in [4.78, 5) is 3.51. The van der Waals surface area contributed by atoms with Crippen molar-refractivity contribution in [2.45, 2.75) is 0 Å². The third-order valence-electron chi connectivity index (χ3n) is 9.18. The smallest absolute Gasteiger partial charge is 0.0466 e. The van der Waals surface area contributed by atoms with E-state index in [1.807, 2.05) is 0 Å². The highest BCUT2D eigenvalue weighted by Gasteiger charge is 2.16. The van der Waals surface area contributed by atoms with Gasteiger partial charge in [0.25, 0.3) is 0 Å². The van der Waals surface area contributed by atoms with Gasteiger partial charge < -0.3 is 10.3 Å². The Balaban J connectivity index is 1.05. The van der Waals surface area contributed by atoms with Crippen LogP contribution in [0.25, 0.3) is 76.7 Å². The Labute approximate surface area is 267 Å². The van der Waals surface area contributed by atoms with Crippen LogP contribution in [0.2, 0.25) is 0 Å². The third-order valence-corrected chi connectivity index (χ3v) is 9.18. The predicted molar refractivity (Wildman–Crippen MR) is 197 cm³/mol. The van der Waals surface area contributed by atoms with Crippen molar-refractivity contribution < 1.29 is 0 Å². The lowest BCUT2D eigenvalue weighted by Crippen LogP contribution is -1.91. The summed E-state index contributed by atoms with van der Waals surface area (Å²) < 4.78 is 0. The summed E-state index contributed by atoms with van der Waals surface area (Å²) in [5, 5.41) is 11.2. The number of hydrogen-bond donors (Lipinski definition) is 2. The normalized spacial score (nSPS) is 11.5. The number of anilines is 2. The Bertz CT molecular complexity index is 2470. The standard InChI is InChI=1S/C44H30N2/c1-2-10-31(11-3-1)43-36-13-4-6-15-38(36)44(39-16-7-5-14-37(39)43)32-20-18-29(19-21-32)30-22-24-33(25-23-30)45-34-26-27-42-40(28-34)35-12-8-9-17-41(35)46-42/h1-28,45-46H. The van der Waals surface area contributed by atoms with E-state index in [1.54, 1.807) is 0 Å². The molecule has 2 nitrogen and oxygen atoms in total. The Hall–Kier alpha value is -6.12. The average Bonchev–Trinajstić information content (AvgIpc) is 3.49. The van der Waals surface area contributed by atoms with E-state index in [-0.39, 0.29) is 0 Å². The molecule has 2 heteroatoms. The summed E-state index contributed by atoms with van der Waals surface area (Å²) >= 11 is 0. The highest BCUT2D eigenvalue weighted by Crippen LogP contribution is 2.43. The molecular weight excluding hydrogens is 556 g/mol. The Morgan fingerprint density at radius 1 is 0.304 bits per heavy atom. The molecule has 46 heavy (non-hydrogen) atoms. The molecule has 0 atom stereocenters. The first-order valence-electron chi connectivity index (χ1n) is 15.8. The molecule has 0 fully saturated rings. The summed E-state index contributed by atoms with van der Waals surface area (Å²) in [6, 6.07) is 61.1. The second kappa shape index (κ2) is 10.8. The number of nitrogens with one attached hydrogen (secondary N) is 2. The van der Waals surface area contributed by atoms with E-state index in [2.05, 4.69) is 180 Å². The Morgan fingerprint density at radius 2 is 0.739 bits per heavy atom. The zero-order valence-electron chi connectivity index (χ0n) is 25.2. The van der Waals surface area contributed by atoms with Gasteiger partial charge in [0.2, 0.25) is 0 Å². The molecule has 0 saturated heterocycles. The first kappa shape index (κ1) is 26.3. The topological polar surface area (TPSA) is 27.8 Å². The molecule has 0 spiro atoms. The first-order chi connectivity index (χ1) is 22.8. The van der Waals surface area contributed by atoms with Gasteiger partial charge in [0.1, 0.15) is 0 Å². The maximum atomic E-state index is 3.60. The Kier molecular flexibility index (Phi) is 6.17. The maximum absolute atomic E-state index is 3.60. The van der Waals surface area contributed by atoms with Crippen LogP contribution in [0.1, 0.15) is 0 Å². The maximum Gasteiger partial charge on any atom is 0.0466 e. The summed E-state index contributed by atoms with van der Waals surface area (Å²) in [6.45, 7) is 0. The van der Waals surface area contributed by atoms with E-state index in [0.29, 0.717) is 0 Å². The number of aromatic nitrogens is 1. The van der Waals surface area contributed by atoms with Crippen LogP contribution in [0.4, 0.5) is 11.4 Å². The summed E-state index contributed by atoms with van der Waals surface area (Å²) in [5.74, 6) is 0. The number of H-pyrrole nitrogens is 1. The minimum absolute atomic E-state index is 1.07. The summed E-state index contributed by atoms with van der Waals surface area (Å²) in [5.41, 5.74) is 11.9. The van der Waals surface area contributed by atoms with Crippen LogP contribution in [0.3, 0.4) is 0 Å². The number of aromatic amines is 1. The summed E-state index contributed by atoms with van der Waals surface area (Å²) in [6.07, 6.45) is 0. The van der Waals surface area contributed by atoms with E-state index in [4.69, 9.17) is 0 Å². The van der Waals surface area contributed by atoms with Crippen molar-refractivity contribution in [2.75, 3.05) is 5.32 Å². The van der Waals surface area contributed by atoms with Crippen LogP contribution in [-0.2, 0) is 0 Å². The van der Waals surface area contributed by atoms with Crippen molar-refractivity contribution in [1.82, 2.24) is 4.98 Å². The molecule has 0 aliphatic carbocycles. The molecule has 0 amide bonds. The molecule has 216 valence electrons. The molecule has 2 N–H and O–H groups in total. The molecule has 9 aromatic rings. The minimum atomic E-state index is 1.07. The number of fused-ring (bicyclic) bond motifs is 5. The quantitative estimate of drug-likeness (QED) is 0.193. The van der Waals surface area contributed by atoms with Gasteiger partial charge in [0.15, 0.2) is 0 Å². The van der Waals surface area contributed by atoms with Gasteiger partial charge in [-0.2, -0.15) is 0 Å². The van der Waals surface area contributed by atoms with Crippen LogP contribution in [0.15, 0.2) is 170 Å². The molecule has 8 aromatic carbocycles. The number of para-hydroxylation sites is 1. The van der Waals surface area contributed by atoms with Crippen LogP contribution in [-0.4, -0.2) is 4.98 Å². The number of benzene rings is 8. The van der Waals surface area contributed by atoms with Crippen LogP contribution in [0.5, 0.6) is 0 Å². The van der Waals surface area contributed by atoms with E-state index in [0.717, 1.165) is 22.4 Å². The monoisotopic (exact) mass is 586 g/mol. The molecule has 0 saturated carbocycles. The fourth-order valence-corrected chi connectivity index (χ4v) is 7.02. The fraction of sp³-hybridized carbons (Fsp3) is 0. The van der Waals surface area contributed by atoms with Crippen molar-refractivity contribution in [3.8, 4) is 33.4 Å². The first-order valence-corrected chi connectivity index (χ1v) is 15.8. The lowest BCUT2D eigenvalue weighted by Gasteiger charge is -2.18. The molecule has 0 unspecified atom stereocenters. The van der Waals surface area contributed by atoms with E-state index < -0.39 is 0 Å². The van der Waals surface area contributed by atoms with Crippen LogP contribution >= 0.6 is 0 Å². The van der Waals surface area contributed by atoms with E-state index in [9.17, 15) is 0 Å². The van der Waals surface area contributed by atoms with Gasteiger partial charge >= 0.3 is 0 Å². The van der Waals surface area contributed by atoms with Gasteiger partial charge in [0.05, 0.1) is 0 Å². The second-order valence-electron chi connectivity index (χ2n) is 11.9. The molecular formula is C44H30N2. The second-order valence-corrected chi connectivity index (χ2v) is 11.9. The SMILES string of the molecule is c1ccc(-c2c3ccccc3c(-c3ccc(-c4ccc(Nc5ccc6[nH]c7ccccc7c6c5)cc4)cc3)c3ccccc23)cc1. The molecule has 1 heterocycles. The molecule has 9 rings (SSSR count). The van der Waals surface area contributed by atoms with Gasteiger partial charge in [-0.15, -0.1) is 0 Å². The molecule has 0 bridgehead atoms. The highest BCUT2D eigenvalue weighted by molar-refractivity contribution is 6.21. The molecule has 0 radical (unpaired) electrons. The van der Waals surface area contributed by atoms with Crippen molar-refractivity contribution >= 4 is 54.7 Å². The Morgan fingerprint density at radius 3 is 1.35 bits per heavy atom. The van der Waals surface area contributed by atoms with Crippen molar-refractivity contribution in [1.29, 1.82) is 0 Å². The molecule has 0 aliphatic heterocycles. The fourth-order valence-electron chi connectivity index (χ4n) is 7.02. The van der Waals surface area contributed by atoms with E-state index in [1.165, 1.54) is 65.7 Å². The van der Waals surface area contributed by atoms with Crippen molar-refractivity contribution in [3.63, 3.8) is 0 Å². The number of rotatable bonds is 5. The summed E-state index contributed by atoms with van der Waals surface area (Å²) in [7, 11) is 0. The lowest BCUT2D eigenvalue weighted by atomic mass is 9.86. The minimum Gasteiger partial charge on any atom is -0.356 e. The zero-order chi connectivity index (χ0) is 30.5. The third kappa shape index (κ3) is 4.43. The van der Waals surface area contributed by atoms with Crippen LogP contribution < -0.4 is 5.32 Å². The van der Waals surface area contributed by atoms with Crippen LogP contribution in [0, 0.1) is 0 Å². The molecule has 0 aliphatic rings. The number of hydrogen-bond acceptors (Lipinski definition) is 1. The zero-order valence-corrected chi connectivity index (χ0v) is 25.2. The van der Waals surface area contributed by atoms with Crippen molar-refractivity contribution in [3.05, 3.63) is 170 Å². The molecule has 1 aromatic heterocycles. The largest absolute Gasteiger partial charge is 0.356 e. The van der Waals surface area contributed by atoms with Gasteiger partial charge in [0, 0.05) is 33.2 Å². The van der Waals surface area contributed by atoms with Crippen molar-refractivity contribution in [2.24, 2.45) is 0 Å². The predicted octanol–water partition coefficient (Wildman–Crippen LogP) is 12.4. The van der Waals surface area contributed by atoms with E-state index >= 15 is 0 Å². The highest BCUT2D eigenvalue weighted by atomic mass is 14.9. The lowest BCUT2D eigenvalue weighted by molar-refractivity contribution is 1.53. The van der Waals surface area contributed by atoms with Gasteiger partial charge in [-0.05, 0) is 91.3 Å². The van der Waals surface area contributed by atoms with Gasteiger partial charge in [-0.3, -0.25) is 0 Å². The average molecular weight is 587 g/mol.